The Morgan fingerprint density at radius 1 is 1.25 bits per heavy atom. The summed E-state index contributed by atoms with van der Waals surface area (Å²) in [6.07, 6.45) is 3.70. The van der Waals surface area contributed by atoms with E-state index in [1.165, 1.54) is 12.8 Å². The van der Waals surface area contributed by atoms with E-state index in [4.69, 9.17) is 4.74 Å². The number of nitrogens with one attached hydrogen (secondary N) is 1. The number of fused-ring (bicyclic) bond motifs is 2. The molecule has 6 heteroatoms. The summed E-state index contributed by atoms with van der Waals surface area (Å²) in [6, 6.07) is 1.05. The van der Waals surface area contributed by atoms with Crippen LogP contribution in [0.3, 0.4) is 0 Å². The minimum Gasteiger partial charge on any atom is -0.466 e. The number of esters is 1. The van der Waals surface area contributed by atoms with Gasteiger partial charge in [0, 0.05) is 31.7 Å². The first-order valence-electron chi connectivity index (χ1n) is 7.52. The summed E-state index contributed by atoms with van der Waals surface area (Å²) in [5.41, 5.74) is 0. The van der Waals surface area contributed by atoms with Crippen molar-refractivity contribution in [1.29, 1.82) is 0 Å². The van der Waals surface area contributed by atoms with Crippen LogP contribution in [0.4, 0.5) is 4.79 Å². The number of hydrogen-bond acceptors (Lipinski definition) is 4. The van der Waals surface area contributed by atoms with Crippen LogP contribution in [0.15, 0.2) is 0 Å². The van der Waals surface area contributed by atoms with Gasteiger partial charge in [0.1, 0.15) is 0 Å². The number of carbonyl (C=O) groups is 2. The molecular formula is C14H25N3O3. The van der Waals surface area contributed by atoms with Gasteiger partial charge in [0.15, 0.2) is 0 Å². The molecular weight excluding hydrogens is 258 g/mol. The number of nitrogens with zero attached hydrogens (tertiary/aromatic N) is 2. The molecule has 0 aromatic rings. The third kappa shape index (κ3) is 3.62. The van der Waals surface area contributed by atoms with Crippen LogP contribution in [-0.2, 0) is 9.53 Å². The normalized spacial score (nSPS) is 26.2. The molecule has 2 amide bonds. The Morgan fingerprint density at radius 3 is 2.75 bits per heavy atom. The van der Waals surface area contributed by atoms with E-state index >= 15 is 0 Å². The van der Waals surface area contributed by atoms with Gasteiger partial charge in [-0.25, -0.2) is 4.79 Å². The van der Waals surface area contributed by atoms with E-state index < -0.39 is 0 Å². The summed E-state index contributed by atoms with van der Waals surface area (Å²) < 4.78 is 4.83. The summed E-state index contributed by atoms with van der Waals surface area (Å²) in [6.45, 7) is 4.10. The maximum absolute atomic E-state index is 12.1. The molecule has 2 aliphatic heterocycles. The third-order valence-electron chi connectivity index (χ3n) is 4.35. The number of rotatable bonds is 4. The molecule has 2 bridgehead atoms. The number of likely N-dealkylation sites (N-methyl/N-ethyl adjacent to an activating group) is 1. The fraction of sp³-hybridized carbons (Fsp3) is 0.857. The van der Waals surface area contributed by atoms with Crippen molar-refractivity contribution in [2.24, 2.45) is 0 Å². The van der Waals surface area contributed by atoms with Gasteiger partial charge in [-0.3, -0.25) is 9.69 Å². The van der Waals surface area contributed by atoms with E-state index in [0.717, 1.165) is 19.5 Å². The van der Waals surface area contributed by atoms with Crippen LogP contribution >= 0.6 is 0 Å². The average Bonchev–Trinajstić information content (AvgIpc) is 2.63. The van der Waals surface area contributed by atoms with Gasteiger partial charge in [0.25, 0.3) is 0 Å². The first-order valence-corrected chi connectivity index (χ1v) is 7.52. The topological polar surface area (TPSA) is 61.9 Å². The van der Waals surface area contributed by atoms with Gasteiger partial charge in [-0.2, -0.15) is 0 Å². The Bertz CT molecular complexity index is 362. The monoisotopic (exact) mass is 283 g/mol. The second kappa shape index (κ2) is 6.92. The van der Waals surface area contributed by atoms with Crippen LogP contribution in [0.5, 0.6) is 0 Å². The van der Waals surface area contributed by atoms with Gasteiger partial charge in [-0.05, 0) is 33.2 Å². The second-order valence-corrected chi connectivity index (χ2v) is 5.57. The van der Waals surface area contributed by atoms with E-state index in [-0.39, 0.29) is 18.4 Å². The minimum absolute atomic E-state index is 0.0600. The van der Waals surface area contributed by atoms with Crippen LogP contribution in [0.2, 0.25) is 0 Å². The number of hydrogen-bond donors (Lipinski definition) is 1. The van der Waals surface area contributed by atoms with Crippen molar-refractivity contribution in [3.63, 3.8) is 0 Å². The number of urea groups is 1. The molecule has 2 saturated heterocycles. The predicted molar refractivity (Wildman–Crippen MR) is 75.4 cm³/mol. The molecule has 2 atom stereocenters. The lowest BCUT2D eigenvalue weighted by atomic mass is 10.1. The number of carbonyl (C=O) groups excluding carboxylic acids is 2. The van der Waals surface area contributed by atoms with Crippen LogP contribution in [0, 0.1) is 0 Å². The summed E-state index contributed by atoms with van der Waals surface area (Å²) in [5, 5.41) is 2.81. The van der Waals surface area contributed by atoms with E-state index in [0.29, 0.717) is 25.2 Å². The summed E-state index contributed by atoms with van der Waals surface area (Å²) in [7, 11) is 2.16. The molecule has 2 aliphatic rings. The molecule has 0 radical (unpaired) electrons. The molecule has 20 heavy (non-hydrogen) atoms. The standard InChI is InChI=1S/C14H25N3O3/c1-3-20-13(18)6-8-15-14(19)17-9-7-11-4-5-12(10-17)16(11)2/h11-12H,3-10H2,1-2H3,(H,15,19)/t11-,12+/m0/s1. The Hall–Kier alpha value is -1.30. The number of likely N-dealkylation sites (tertiary alicyclic amines) is 1. The van der Waals surface area contributed by atoms with Crippen LogP contribution in [0.1, 0.15) is 32.6 Å². The smallest absolute Gasteiger partial charge is 0.317 e. The zero-order chi connectivity index (χ0) is 14.5. The summed E-state index contributed by atoms with van der Waals surface area (Å²) >= 11 is 0. The van der Waals surface area contributed by atoms with Crippen molar-refractivity contribution in [3.05, 3.63) is 0 Å². The highest BCUT2D eigenvalue weighted by Crippen LogP contribution is 2.28. The summed E-state index contributed by atoms with van der Waals surface area (Å²) in [5.74, 6) is -0.262. The maximum Gasteiger partial charge on any atom is 0.317 e. The molecule has 6 nitrogen and oxygen atoms in total. The van der Waals surface area contributed by atoms with Gasteiger partial charge < -0.3 is 15.0 Å². The van der Waals surface area contributed by atoms with Crippen molar-refractivity contribution < 1.29 is 14.3 Å². The average molecular weight is 283 g/mol. The Morgan fingerprint density at radius 2 is 2.00 bits per heavy atom. The largest absolute Gasteiger partial charge is 0.466 e. The van der Waals surface area contributed by atoms with Crippen molar-refractivity contribution in [1.82, 2.24) is 15.1 Å². The van der Waals surface area contributed by atoms with Crippen LogP contribution in [0.25, 0.3) is 0 Å². The SMILES string of the molecule is CCOC(=O)CCNC(=O)N1CC[C@@H]2CC[C@H](C1)N2C. The van der Waals surface area contributed by atoms with Crippen molar-refractivity contribution >= 4 is 12.0 Å². The molecule has 0 aromatic carbocycles. The molecule has 114 valence electrons. The molecule has 0 aliphatic carbocycles. The Labute approximate surface area is 120 Å². The van der Waals surface area contributed by atoms with Gasteiger partial charge in [-0.1, -0.05) is 0 Å². The van der Waals surface area contributed by atoms with E-state index in [1.54, 1.807) is 6.92 Å². The molecule has 0 saturated carbocycles. The Balaban J connectivity index is 1.74. The van der Waals surface area contributed by atoms with Gasteiger partial charge in [0.05, 0.1) is 13.0 Å². The highest BCUT2D eigenvalue weighted by Gasteiger charge is 2.35. The van der Waals surface area contributed by atoms with Gasteiger partial charge in [0.2, 0.25) is 0 Å². The van der Waals surface area contributed by atoms with Crippen LogP contribution < -0.4 is 5.32 Å². The quantitative estimate of drug-likeness (QED) is 0.776. The molecule has 2 heterocycles. The fourth-order valence-electron chi connectivity index (χ4n) is 3.11. The molecule has 0 aromatic heterocycles. The predicted octanol–water partition coefficient (Wildman–Crippen LogP) is 0.818. The van der Waals surface area contributed by atoms with Crippen molar-refractivity contribution in [2.45, 2.75) is 44.7 Å². The Kier molecular flexibility index (Phi) is 5.23. The minimum atomic E-state index is -0.262. The number of amides is 2. The second-order valence-electron chi connectivity index (χ2n) is 5.57. The van der Waals surface area contributed by atoms with Crippen LogP contribution in [-0.4, -0.2) is 67.2 Å². The highest BCUT2D eigenvalue weighted by atomic mass is 16.5. The van der Waals surface area contributed by atoms with Crippen molar-refractivity contribution in [2.75, 3.05) is 33.3 Å². The van der Waals surface area contributed by atoms with Gasteiger partial charge >= 0.3 is 12.0 Å². The lowest BCUT2D eigenvalue weighted by molar-refractivity contribution is -0.142. The molecule has 0 unspecified atom stereocenters. The van der Waals surface area contributed by atoms with E-state index in [2.05, 4.69) is 17.3 Å². The lowest BCUT2D eigenvalue weighted by Gasteiger charge is -2.25. The van der Waals surface area contributed by atoms with Crippen molar-refractivity contribution in [3.8, 4) is 0 Å². The molecule has 2 rings (SSSR count). The summed E-state index contributed by atoms with van der Waals surface area (Å²) in [4.78, 5) is 27.6. The van der Waals surface area contributed by atoms with E-state index in [1.807, 2.05) is 4.90 Å². The maximum atomic E-state index is 12.1. The zero-order valence-corrected chi connectivity index (χ0v) is 12.4. The van der Waals surface area contributed by atoms with Gasteiger partial charge in [-0.15, -0.1) is 0 Å². The molecule has 0 spiro atoms. The fourth-order valence-corrected chi connectivity index (χ4v) is 3.11. The molecule has 2 fully saturated rings. The van der Waals surface area contributed by atoms with E-state index in [9.17, 15) is 9.59 Å². The first-order chi connectivity index (χ1) is 9.61. The zero-order valence-electron chi connectivity index (χ0n) is 12.4. The lowest BCUT2D eigenvalue weighted by Crippen LogP contribution is -2.45. The first kappa shape index (κ1) is 15.1. The highest BCUT2D eigenvalue weighted by molar-refractivity contribution is 5.75. The molecule has 1 N–H and O–H groups in total. The third-order valence-corrected chi connectivity index (χ3v) is 4.35. The number of ether oxygens (including phenoxy) is 1.